The first-order valence-corrected chi connectivity index (χ1v) is 13.6. The molecule has 4 N–H and O–H groups in total. The summed E-state index contributed by atoms with van der Waals surface area (Å²) in [5, 5.41) is 7.94. The molecule has 0 fully saturated rings. The molecule has 0 aliphatic heterocycles. The summed E-state index contributed by atoms with van der Waals surface area (Å²) in [6.07, 6.45) is -2.54. The van der Waals surface area contributed by atoms with Crippen molar-refractivity contribution < 1.29 is 45.6 Å². The van der Waals surface area contributed by atoms with Crippen molar-refractivity contribution >= 4 is 19.2 Å². The van der Waals surface area contributed by atoms with Gasteiger partial charge in [-0.25, -0.2) is 13.3 Å². The van der Waals surface area contributed by atoms with Crippen LogP contribution in [-0.4, -0.2) is 33.2 Å². The van der Waals surface area contributed by atoms with Crippen molar-refractivity contribution in [2.24, 2.45) is 5.73 Å². The minimum absolute atomic E-state index is 0.0221. The highest BCUT2D eigenvalue weighted by atomic mass is 32.1. The molecule has 0 spiro atoms. The smallest absolute Gasteiger partial charge is 0.469 e. The van der Waals surface area contributed by atoms with E-state index in [1.807, 2.05) is 0 Å². The van der Waals surface area contributed by atoms with Crippen LogP contribution < -0.4 is 10.5 Å². The maximum Gasteiger partial charge on any atom is 0.469 e. The Morgan fingerprint density at radius 3 is 2.42 bits per heavy atom. The number of aromatic nitrogens is 2. The number of alkyl halides is 3. The van der Waals surface area contributed by atoms with Gasteiger partial charge in [0.15, 0.2) is 11.6 Å². The van der Waals surface area contributed by atoms with Gasteiger partial charge in [-0.1, -0.05) is 17.4 Å². The molecule has 0 aliphatic rings. The third kappa shape index (κ3) is 8.52. The highest BCUT2D eigenvalue weighted by Crippen LogP contribution is 2.41. The van der Waals surface area contributed by atoms with Gasteiger partial charge in [-0.15, -0.1) is 10.2 Å². The fourth-order valence-corrected chi connectivity index (χ4v) is 4.67. The van der Waals surface area contributed by atoms with Crippen molar-refractivity contribution in [1.82, 2.24) is 10.2 Å². The molecule has 1 unspecified atom stereocenters. The Morgan fingerprint density at radius 1 is 1.03 bits per heavy atom. The molecule has 3 aromatic rings. The number of phosphoric ester groups is 1. The Kier molecular flexibility index (Phi) is 9.61. The first-order valence-electron chi connectivity index (χ1n) is 11.3. The van der Waals surface area contributed by atoms with E-state index in [9.17, 15) is 26.5 Å². The Labute approximate surface area is 218 Å². The predicted molar refractivity (Wildman–Crippen MR) is 129 cm³/mol. The van der Waals surface area contributed by atoms with Crippen molar-refractivity contribution in [3.05, 3.63) is 64.2 Å². The monoisotopic (exact) mass is 581 g/mol. The summed E-state index contributed by atoms with van der Waals surface area (Å²) in [4.78, 5) is 17.7. The Balaban J connectivity index is 1.62. The molecule has 1 atom stereocenters. The van der Waals surface area contributed by atoms with Gasteiger partial charge < -0.3 is 20.3 Å². The molecule has 8 nitrogen and oxygen atoms in total. The van der Waals surface area contributed by atoms with Crippen LogP contribution >= 0.6 is 19.2 Å². The molecule has 0 radical (unpaired) electrons. The lowest BCUT2D eigenvalue weighted by atomic mass is 10.1. The number of unbranched alkanes of at least 4 members (excludes halogenated alkanes) is 2. The lowest BCUT2D eigenvalue weighted by Gasteiger charge is -2.21. The van der Waals surface area contributed by atoms with Gasteiger partial charge in [0.1, 0.15) is 15.8 Å². The molecule has 0 saturated heterocycles. The summed E-state index contributed by atoms with van der Waals surface area (Å²) in [6, 6.07) is 7.10. The Bertz CT molecular complexity index is 1300. The van der Waals surface area contributed by atoms with E-state index >= 15 is 0 Å². The summed E-state index contributed by atoms with van der Waals surface area (Å²) in [7, 11) is -4.79. The number of phosphoric acid groups is 1. The highest BCUT2D eigenvalue weighted by Gasteiger charge is 2.35. The number of rotatable bonds is 12. The standard InChI is InChI=1S/C23H25F5N3O5PS/c1-22(29,13-36-37(32,33)34)21-31-30-20(38-21)15-7-9-19(16(12-15)23(26,27)28)35-10-4-2-3-5-14-6-8-17(24)18(25)11-14/h6-9,11-12H,2-5,10,13,29H2,1H3,(H2,32,33,34). The second-order valence-electron chi connectivity index (χ2n) is 8.71. The van der Waals surface area contributed by atoms with Crippen LogP contribution in [-0.2, 0) is 27.2 Å². The number of aryl methyl sites for hydroxylation is 1. The van der Waals surface area contributed by atoms with E-state index in [2.05, 4.69) is 14.7 Å². The van der Waals surface area contributed by atoms with Gasteiger partial charge in [-0.2, -0.15) is 13.2 Å². The van der Waals surface area contributed by atoms with Crippen LogP contribution in [0.3, 0.4) is 0 Å². The second-order valence-corrected chi connectivity index (χ2v) is 10.9. The largest absolute Gasteiger partial charge is 0.493 e. The molecule has 0 aliphatic carbocycles. The van der Waals surface area contributed by atoms with Crippen LogP contribution in [0.15, 0.2) is 36.4 Å². The quantitative estimate of drug-likeness (QED) is 0.144. The molecule has 2 aromatic carbocycles. The van der Waals surface area contributed by atoms with Crippen LogP contribution in [0.4, 0.5) is 22.0 Å². The van der Waals surface area contributed by atoms with E-state index in [-0.39, 0.29) is 27.9 Å². The summed E-state index contributed by atoms with van der Waals surface area (Å²) < 4.78 is 88.3. The maximum atomic E-state index is 13.7. The molecule has 0 bridgehead atoms. The zero-order valence-corrected chi connectivity index (χ0v) is 21.8. The predicted octanol–water partition coefficient (Wildman–Crippen LogP) is 5.58. The minimum Gasteiger partial charge on any atom is -0.493 e. The number of hydrogen-bond donors (Lipinski definition) is 3. The van der Waals surface area contributed by atoms with Gasteiger partial charge in [-0.3, -0.25) is 4.52 Å². The van der Waals surface area contributed by atoms with Crippen molar-refractivity contribution in [2.75, 3.05) is 13.2 Å². The second kappa shape index (κ2) is 12.1. The SMILES string of the molecule is CC(N)(COP(=O)(O)O)c1nnc(-c2ccc(OCCCCCc3ccc(F)c(F)c3)c(C(F)(F)F)c2)s1. The summed E-state index contributed by atoms with van der Waals surface area (Å²) >= 11 is 0.863. The number of nitrogens with two attached hydrogens (primary N) is 1. The van der Waals surface area contributed by atoms with E-state index in [0.717, 1.165) is 29.5 Å². The van der Waals surface area contributed by atoms with Gasteiger partial charge in [0, 0.05) is 5.56 Å². The van der Waals surface area contributed by atoms with Crippen molar-refractivity contribution in [2.45, 2.75) is 44.3 Å². The van der Waals surface area contributed by atoms with Gasteiger partial charge >= 0.3 is 14.0 Å². The first-order chi connectivity index (χ1) is 17.7. The van der Waals surface area contributed by atoms with Crippen LogP contribution in [0.2, 0.25) is 0 Å². The van der Waals surface area contributed by atoms with E-state index in [1.54, 1.807) is 0 Å². The average molecular weight is 582 g/mol. The normalized spacial score (nSPS) is 13.9. The fourth-order valence-electron chi connectivity index (χ4n) is 3.35. The van der Waals surface area contributed by atoms with Gasteiger partial charge in [0.05, 0.1) is 24.3 Å². The van der Waals surface area contributed by atoms with Gasteiger partial charge in [0.25, 0.3) is 0 Å². The van der Waals surface area contributed by atoms with Crippen LogP contribution in [0, 0.1) is 11.6 Å². The number of halogens is 5. The van der Waals surface area contributed by atoms with Crippen LogP contribution in [0.1, 0.15) is 42.3 Å². The van der Waals surface area contributed by atoms with Crippen LogP contribution in [0.5, 0.6) is 5.75 Å². The first kappa shape index (κ1) is 30.1. The van der Waals surface area contributed by atoms with E-state index in [4.69, 9.17) is 20.3 Å². The third-order valence-electron chi connectivity index (χ3n) is 5.33. The molecular formula is C23H25F5N3O5PS. The van der Waals surface area contributed by atoms with Crippen molar-refractivity contribution in [3.63, 3.8) is 0 Å². The lowest BCUT2D eigenvalue weighted by Crippen LogP contribution is -2.37. The molecule has 1 aromatic heterocycles. The minimum atomic E-state index is -4.79. The molecule has 38 heavy (non-hydrogen) atoms. The molecule has 0 amide bonds. The molecule has 0 saturated carbocycles. The molecular weight excluding hydrogens is 556 g/mol. The topological polar surface area (TPSA) is 128 Å². The summed E-state index contributed by atoms with van der Waals surface area (Å²) in [5.74, 6) is -2.21. The van der Waals surface area contributed by atoms with Gasteiger partial charge in [-0.05, 0) is 68.5 Å². The average Bonchev–Trinajstić information content (AvgIpc) is 3.33. The number of nitrogens with zero attached hydrogens (tertiary/aromatic N) is 2. The highest BCUT2D eigenvalue weighted by molar-refractivity contribution is 7.46. The lowest BCUT2D eigenvalue weighted by molar-refractivity contribution is -0.138. The van der Waals surface area contributed by atoms with Crippen molar-refractivity contribution in [1.29, 1.82) is 0 Å². The summed E-state index contributed by atoms with van der Waals surface area (Å²) in [6.45, 7) is 0.824. The van der Waals surface area contributed by atoms with Gasteiger partial charge in [0.2, 0.25) is 0 Å². The van der Waals surface area contributed by atoms with Crippen LogP contribution in [0.25, 0.3) is 10.6 Å². The number of benzene rings is 2. The Morgan fingerprint density at radius 2 is 1.76 bits per heavy atom. The van der Waals surface area contributed by atoms with E-state index < -0.39 is 43.3 Å². The van der Waals surface area contributed by atoms with Crippen molar-refractivity contribution in [3.8, 4) is 16.3 Å². The number of ether oxygens (including phenoxy) is 1. The fraction of sp³-hybridized carbons (Fsp3) is 0.391. The third-order valence-corrected chi connectivity index (χ3v) is 7.05. The summed E-state index contributed by atoms with van der Waals surface area (Å²) in [5.41, 5.74) is 4.28. The Hall–Kier alpha value is -2.48. The zero-order valence-electron chi connectivity index (χ0n) is 20.0. The molecule has 15 heteroatoms. The molecule has 1 heterocycles. The zero-order chi connectivity index (χ0) is 28.1. The van der Waals surface area contributed by atoms with E-state index in [1.165, 1.54) is 25.1 Å². The molecule has 3 rings (SSSR count). The molecule has 208 valence electrons. The maximum absolute atomic E-state index is 13.7. The van der Waals surface area contributed by atoms with E-state index in [0.29, 0.717) is 31.2 Å². The number of hydrogen-bond acceptors (Lipinski definition) is 7.